The zero-order chi connectivity index (χ0) is 34.3. The van der Waals surface area contributed by atoms with E-state index in [4.69, 9.17) is 9.47 Å². The molecule has 1 aliphatic heterocycles. The summed E-state index contributed by atoms with van der Waals surface area (Å²) < 4.78 is 12.8. The number of unbranched alkanes of at least 4 members (excludes halogenated alkanes) is 15. The molecule has 0 aliphatic carbocycles. The van der Waals surface area contributed by atoms with E-state index in [1.807, 2.05) is 35.9 Å². The van der Waals surface area contributed by atoms with Crippen molar-refractivity contribution in [3.63, 3.8) is 0 Å². The first-order valence-electron chi connectivity index (χ1n) is 18.4. The second kappa shape index (κ2) is 26.0. The number of carbonyl (C=O) groups excluding carboxylic acids is 4. The second-order valence-electron chi connectivity index (χ2n) is 13.0. The average Bonchev–Trinajstić information content (AvgIpc) is 3.03. The number of rotatable bonds is 24. The molecule has 1 N–H and O–H groups in total. The molecule has 48 heavy (non-hydrogen) atoms. The lowest BCUT2D eigenvalue weighted by atomic mass is 9.94. The molecule has 0 radical (unpaired) electrons. The number of ether oxygens (including phenoxy) is 2. The molecule has 1 aromatic rings. The molecule has 1 saturated heterocycles. The van der Waals surface area contributed by atoms with Gasteiger partial charge in [-0.25, -0.2) is 19.1 Å². The number of imide groups is 1. The molecule has 274 valence electrons. The number of likely N-dealkylation sites (tertiary alicyclic amines) is 1. The van der Waals surface area contributed by atoms with E-state index in [0.717, 1.165) is 23.4 Å². The quantitative estimate of drug-likeness (QED) is 0.127. The molecule has 1 aliphatic rings. The number of hydrogen-bond donors (Lipinski definition) is 1. The average molecular weight is 695 g/mol. The molecule has 10 nitrogen and oxygen atoms in total. The summed E-state index contributed by atoms with van der Waals surface area (Å²) in [4.78, 5) is 52.2. The second-order valence-corrected chi connectivity index (χ2v) is 13.0. The molecule has 0 saturated carbocycles. The molecular weight excluding hydrogens is 632 g/mol. The number of pyridine rings is 1. The summed E-state index contributed by atoms with van der Waals surface area (Å²) in [6.45, 7) is 8.44. The monoisotopic (exact) mass is 694 g/mol. The van der Waals surface area contributed by atoms with Gasteiger partial charge in [0.25, 0.3) is 0 Å². The third kappa shape index (κ3) is 17.0. The van der Waals surface area contributed by atoms with E-state index in [1.54, 1.807) is 4.90 Å². The van der Waals surface area contributed by atoms with Crippen LogP contribution in [0.25, 0.3) is 0 Å². The van der Waals surface area contributed by atoms with Crippen molar-refractivity contribution < 1.29 is 45.6 Å². The minimum absolute atomic E-state index is 0. The number of aromatic nitrogens is 1. The highest BCUT2D eigenvalue weighted by Crippen LogP contribution is 2.27. The van der Waals surface area contributed by atoms with Crippen LogP contribution in [0.4, 0.5) is 9.59 Å². The Bertz CT molecular complexity index is 1070. The number of hydrogen-bond acceptors (Lipinski definition) is 6. The van der Waals surface area contributed by atoms with Crippen molar-refractivity contribution in [2.45, 2.75) is 162 Å². The molecule has 0 unspecified atom stereocenters. The maximum atomic E-state index is 12.8. The van der Waals surface area contributed by atoms with Crippen LogP contribution in [-0.4, -0.2) is 65.6 Å². The summed E-state index contributed by atoms with van der Waals surface area (Å²) in [5.41, 5.74) is 0.807. The fourth-order valence-corrected chi connectivity index (χ4v) is 6.27. The lowest BCUT2D eigenvalue weighted by molar-refractivity contribution is -0.701. The minimum atomic E-state index is -0.749. The minimum Gasteiger partial charge on any atom is -1.00 e. The molecule has 1 fully saturated rings. The van der Waals surface area contributed by atoms with Gasteiger partial charge in [0.1, 0.15) is 26.3 Å². The Kier molecular flexibility index (Phi) is 23.4. The predicted molar refractivity (Wildman–Crippen MR) is 183 cm³/mol. The van der Waals surface area contributed by atoms with Crippen LogP contribution in [-0.2, 0) is 32.2 Å². The first-order chi connectivity index (χ1) is 22.8. The van der Waals surface area contributed by atoms with Gasteiger partial charge in [-0.1, -0.05) is 109 Å². The van der Waals surface area contributed by atoms with Gasteiger partial charge in [-0.15, -0.1) is 0 Å². The first-order valence-corrected chi connectivity index (χ1v) is 18.4. The molecule has 0 spiro atoms. The van der Waals surface area contributed by atoms with E-state index in [2.05, 4.69) is 12.2 Å². The molecule has 1 aromatic heterocycles. The zero-order valence-corrected chi connectivity index (χ0v) is 30.9. The van der Waals surface area contributed by atoms with Gasteiger partial charge in [0.15, 0.2) is 6.20 Å². The third-order valence-electron chi connectivity index (χ3n) is 9.10. The number of halogens is 1. The Labute approximate surface area is 296 Å². The molecule has 0 bridgehead atoms. The number of nitrogens with zero attached hydrogens (tertiary/aromatic N) is 3. The van der Waals surface area contributed by atoms with Gasteiger partial charge in [-0.05, 0) is 19.8 Å². The molecule has 0 aromatic carbocycles. The maximum absolute atomic E-state index is 12.8. The Hall–Kier alpha value is -2.88. The highest BCUT2D eigenvalue weighted by molar-refractivity contribution is 5.90. The van der Waals surface area contributed by atoms with Crippen LogP contribution >= 0.6 is 0 Å². The van der Waals surface area contributed by atoms with Crippen molar-refractivity contribution in [3.8, 4) is 0 Å². The van der Waals surface area contributed by atoms with Crippen molar-refractivity contribution in [1.29, 1.82) is 0 Å². The van der Waals surface area contributed by atoms with Crippen LogP contribution in [0.1, 0.15) is 143 Å². The van der Waals surface area contributed by atoms with Gasteiger partial charge in [-0.2, -0.15) is 0 Å². The zero-order valence-electron chi connectivity index (χ0n) is 30.2. The van der Waals surface area contributed by atoms with E-state index in [1.165, 1.54) is 104 Å². The number of amides is 4. The van der Waals surface area contributed by atoms with Crippen molar-refractivity contribution in [3.05, 3.63) is 30.1 Å². The number of carbonyl (C=O) groups is 4. The van der Waals surface area contributed by atoms with Gasteiger partial charge < -0.3 is 32.1 Å². The summed E-state index contributed by atoms with van der Waals surface area (Å²) in [7, 11) is 0. The standard InChI is InChI=1S/C37H62N4O6.ClH/c1-5-7-8-9-10-11-12-13-14-15-16-17-18-19-20-22-25-38-36(44)46-29-34-27-35(41(34)32(4)43)30-47-37(45)40(31(3)42)28-33-24-21-23-26-39(33)6-2;/h21,23-24,26,34-35H,5-20,22,25,27-30H2,1-4H3;1H/t34-,35-;/m1./s1. The largest absolute Gasteiger partial charge is 1.00 e. The lowest BCUT2D eigenvalue weighted by Gasteiger charge is -2.47. The van der Waals surface area contributed by atoms with E-state index in [9.17, 15) is 19.2 Å². The summed E-state index contributed by atoms with van der Waals surface area (Å²) >= 11 is 0. The van der Waals surface area contributed by atoms with E-state index in [-0.39, 0.29) is 50.2 Å². The number of aryl methyl sites for hydroxylation is 1. The normalized spacial score (nSPS) is 15.2. The Morgan fingerprint density at radius 1 is 0.792 bits per heavy atom. The summed E-state index contributed by atoms with van der Waals surface area (Å²) in [6, 6.07) is 5.01. The van der Waals surface area contributed by atoms with Crippen LogP contribution in [0, 0.1) is 0 Å². The maximum Gasteiger partial charge on any atom is 0.417 e. The van der Waals surface area contributed by atoms with Crippen LogP contribution in [0.3, 0.4) is 0 Å². The van der Waals surface area contributed by atoms with Crippen LogP contribution in [0.2, 0.25) is 0 Å². The highest BCUT2D eigenvalue weighted by Gasteiger charge is 2.42. The lowest BCUT2D eigenvalue weighted by Crippen LogP contribution is -3.00. The summed E-state index contributed by atoms with van der Waals surface area (Å²) in [5.74, 6) is -0.605. The summed E-state index contributed by atoms with van der Waals surface area (Å²) in [6.07, 6.45) is 22.1. The van der Waals surface area contributed by atoms with E-state index in [0.29, 0.717) is 19.5 Å². The molecular formula is C37H63ClN4O6. The fraction of sp³-hybridized carbons (Fsp3) is 0.757. The molecule has 4 amide bonds. The Morgan fingerprint density at radius 3 is 1.81 bits per heavy atom. The number of alkyl carbamates (subject to hydrolysis) is 1. The smallest absolute Gasteiger partial charge is 0.417 e. The fourth-order valence-electron chi connectivity index (χ4n) is 6.27. The van der Waals surface area contributed by atoms with Gasteiger partial charge in [0.2, 0.25) is 17.5 Å². The molecule has 2 heterocycles. The SMILES string of the molecule is CCCCCCCCCCCCCCCCCCNC(=O)OC[C@H]1C[C@H](COC(=O)N(Cc2cccc[n+]2CC)C(C)=O)N1C(C)=O.[Cl-]. The summed E-state index contributed by atoms with van der Waals surface area (Å²) in [5, 5.41) is 2.81. The van der Waals surface area contributed by atoms with Gasteiger partial charge in [0.05, 0.1) is 12.1 Å². The molecule has 2 rings (SSSR count). The highest BCUT2D eigenvalue weighted by atomic mass is 35.5. The van der Waals surface area contributed by atoms with E-state index >= 15 is 0 Å². The van der Waals surface area contributed by atoms with Gasteiger partial charge >= 0.3 is 12.2 Å². The van der Waals surface area contributed by atoms with Crippen molar-refractivity contribution in [1.82, 2.24) is 15.1 Å². The Balaban J connectivity index is 0.0000115. The van der Waals surface area contributed by atoms with Crippen molar-refractivity contribution in [2.24, 2.45) is 0 Å². The van der Waals surface area contributed by atoms with Crippen LogP contribution in [0.5, 0.6) is 0 Å². The van der Waals surface area contributed by atoms with Gasteiger partial charge in [-0.3, -0.25) is 9.59 Å². The van der Waals surface area contributed by atoms with Crippen LogP contribution in [0.15, 0.2) is 24.4 Å². The van der Waals surface area contributed by atoms with Crippen molar-refractivity contribution in [2.75, 3.05) is 19.8 Å². The topological polar surface area (TPSA) is 109 Å². The Morgan fingerprint density at radius 2 is 1.31 bits per heavy atom. The number of nitrogens with one attached hydrogen (secondary N) is 1. The van der Waals surface area contributed by atoms with Gasteiger partial charge in [0, 0.05) is 32.5 Å². The predicted octanol–water partition coefficient (Wildman–Crippen LogP) is 4.46. The first kappa shape index (κ1) is 43.1. The third-order valence-corrected chi connectivity index (χ3v) is 9.10. The van der Waals surface area contributed by atoms with Crippen molar-refractivity contribution >= 4 is 24.0 Å². The molecule has 11 heteroatoms. The van der Waals surface area contributed by atoms with Crippen LogP contribution < -0.4 is 22.3 Å². The van der Waals surface area contributed by atoms with E-state index < -0.39 is 18.1 Å². The molecule has 2 atom stereocenters.